The van der Waals surface area contributed by atoms with Gasteiger partial charge in [-0.05, 0) is 12.8 Å². The highest BCUT2D eigenvalue weighted by Gasteiger charge is 2.21. The first-order valence-corrected chi connectivity index (χ1v) is 9.12. The smallest absolute Gasteiger partial charge is 0.252 e. The molecule has 1 aliphatic carbocycles. The summed E-state index contributed by atoms with van der Waals surface area (Å²) in [6.07, 6.45) is 5.36. The van der Waals surface area contributed by atoms with Gasteiger partial charge in [0.25, 0.3) is 5.91 Å². The number of thiocarbonyl (C=S) groups is 1. The van der Waals surface area contributed by atoms with E-state index in [1.165, 1.54) is 17.1 Å². The van der Waals surface area contributed by atoms with Gasteiger partial charge in [0.05, 0.1) is 0 Å². The Morgan fingerprint density at radius 3 is 2.57 bits per heavy atom. The van der Waals surface area contributed by atoms with Crippen LogP contribution in [0.2, 0.25) is 0 Å². The summed E-state index contributed by atoms with van der Waals surface area (Å²) in [5.41, 5.74) is 12.5. The number of amides is 2. The van der Waals surface area contributed by atoms with Gasteiger partial charge in [-0.1, -0.05) is 29.9 Å². The van der Waals surface area contributed by atoms with Gasteiger partial charge in [0.2, 0.25) is 5.91 Å². The maximum atomic E-state index is 12.1. The number of allylic oxidation sites excluding steroid dienone is 2. The van der Waals surface area contributed by atoms with Crippen molar-refractivity contribution < 1.29 is 9.59 Å². The maximum absolute atomic E-state index is 12.1. The summed E-state index contributed by atoms with van der Waals surface area (Å²) in [5, 5.41) is 2.48. The van der Waals surface area contributed by atoms with E-state index in [4.69, 9.17) is 23.7 Å². The fourth-order valence-corrected chi connectivity index (χ4v) is 3.63. The zero-order valence-corrected chi connectivity index (χ0v) is 14.5. The first-order chi connectivity index (χ1) is 11.0. The Morgan fingerprint density at radius 2 is 2.00 bits per heavy atom. The number of carbonyl (C=O) groups is 2. The zero-order valence-electron chi connectivity index (χ0n) is 12.9. The van der Waals surface area contributed by atoms with Crippen LogP contribution < -0.4 is 16.8 Å². The topological polar surface area (TPSA) is 101 Å². The third-order valence-electron chi connectivity index (χ3n) is 3.88. The van der Waals surface area contributed by atoms with Gasteiger partial charge in [0.1, 0.15) is 11.0 Å². The number of hydrogen-bond acceptors (Lipinski definition) is 6. The van der Waals surface area contributed by atoms with Crippen molar-refractivity contribution in [3.8, 4) is 0 Å². The van der Waals surface area contributed by atoms with Crippen LogP contribution in [-0.2, 0) is 9.59 Å². The molecule has 0 bridgehead atoms. The molecule has 6 nitrogen and oxygen atoms in total. The van der Waals surface area contributed by atoms with Crippen molar-refractivity contribution in [1.29, 1.82) is 0 Å². The molecule has 0 saturated carbocycles. The standard InChI is InChI=1S/C15H22N4O2S2/c16-12(13(17)20)15(22)18-14(21)11-3-1-10(2-4-11)9-19-5-7-23-8-6-19/h1,3,12H,2,4-9,16H2,(H2,17,20)(H,18,21,22). The average molecular weight is 355 g/mol. The minimum atomic E-state index is -1.14. The van der Waals surface area contributed by atoms with Crippen molar-refractivity contribution in [2.24, 2.45) is 11.5 Å². The van der Waals surface area contributed by atoms with E-state index in [2.05, 4.69) is 10.2 Å². The molecule has 1 saturated heterocycles. The fraction of sp³-hybridized carbons (Fsp3) is 0.533. The second-order valence-corrected chi connectivity index (χ2v) is 7.27. The van der Waals surface area contributed by atoms with Gasteiger partial charge < -0.3 is 16.8 Å². The van der Waals surface area contributed by atoms with Gasteiger partial charge in [-0.25, -0.2) is 0 Å². The van der Waals surface area contributed by atoms with Crippen LogP contribution in [0, 0.1) is 0 Å². The third-order valence-corrected chi connectivity index (χ3v) is 5.18. The molecule has 126 valence electrons. The van der Waals surface area contributed by atoms with Gasteiger partial charge in [0, 0.05) is 36.7 Å². The molecule has 8 heteroatoms. The van der Waals surface area contributed by atoms with Gasteiger partial charge in [-0.15, -0.1) is 0 Å². The number of carbonyl (C=O) groups excluding carboxylic acids is 2. The molecule has 5 N–H and O–H groups in total. The Kier molecular flexibility index (Phi) is 6.76. The summed E-state index contributed by atoms with van der Waals surface area (Å²) in [6, 6.07) is -1.14. The van der Waals surface area contributed by atoms with Crippen LogP contribution in [0.15, 0.2) is 23.3 Å². The molecule has 2 amide bonds. The number of primary amides is 1. The van der Waals surface area contributed by atoms with E-state index in [1.54, 1.807) is 0 Å². The summed E-state index contributed by atoms with van der Waals surface area (Å²) in [4.78, 5) is 25.5. The number of nitrogens with two attached hydrogens (primary N) is 2. The van der Waals surface area contributed by atoms with Crippen molar-refractivity contribution in [3.05, 3.63) is 23.3 Å². The Balaban J connectivity index is 1.87. The number of thioether (sulfide) groups is 1. The summed E-state index contributed by atoms with van der Waals surface area (Å²) in [6.45, 7) is 3.22. The molecule has 2 rings (SSSR count). The van der Waals surface area contributed by atoms with Crippen molar-refractivity contribution in [1.82, 2.24) is 10.2 Å². The van der Waals surface area contributed by atoms with E-state index in [1.807, 2.05) is 23.9 Å². The molecule has 0 radical (unpaired) electrons. The first-order valence-electron chi connectivity index (χ1n) is 7.56. The molecule has 23 heavy (non-hydrogen) atoms. The highest BCUT2D eigenvalue weighted by molar-refractivity contribution is 7.99. The second kappa shape index (κ2) is 8.58. The van der Waals surface area contributed by atoms with Gasteiger partial charge >= 0.3 is 0 Å². The summed E-state index contributed by atoms with van der Waals surface area (Å²) in [7, 11) is 0. The highest BCUT2D eigenvalue weighted by atomic mass is 32.2. The zero-order chi connectivity index (χ0) is 16.8. The van der Waals surface area contributed by atoms with Gasteiger partial charge in [-0.3, -0.25) is 14.5 Å². The Hall–Kier alpha value is -1.22. The SMILES string of the molecule is NC(=O)C(N)C(=S)NC(=O)C1=CC=C(CN2CCSCC2)CC1. The van der Waals surface area contributed by atoms with Crippen molar-refractivity contribution in [3.63, 3.8) is 0 Å². The number of rotatable bonds is 5. The van der Waals surface area contributed by atoms with Gasteiger partial charge in [0.15, 0.2) is 0 Å². The molecule has 1 heterocycles. The van der Waals surface area contributed by atoms with Crippen LogP contribution in [0.25, 0.3) is 0 Å². The Labute approximate surface area is 145 Å². The minimum absolute atomic E-state index is 0.0380. The molecule has 0 aromatic heterocycles. The van der Waals surface area contributed by atoms with E-state index in [-0.39, 0.29) is 10.9 Å². The van der Waals surface area contributed by atoms with Crippen LogP contribution in [0.4, 0.5) is 0 Å². The van der Waals surface area contributed by atoms with E-state index < -0.39 is 11.9 Å². The second-order valence-electron chi connectivity index (χ2n) is 5.60. The van der Waals surface area contributed by atoms with Crippen LogP contribution in [0.3, 0.4) is 0 Å². The molecule has 0 spiro atoms. The monoisotopic (exact) mass is 354 g/mol. The van der Waals surface area contributed by atoms with Crippen molar-refractivity contribution >= 4 is 40.8 Å². The molecular weight excluding hydrogens is 332 g/mol. The lowest BCUT2D eigenvalue weighted by Crippen LogP contribution is -2.50. The molecule has 0 aromatic carbocycles. The van der Waals surface area contributed by atoms with Crippen molar-refractivity contribution in [2.45, 2.75) is 18.9 Å². The van der Waals surface area contributed by atoms with Crippen LogP contribution in [0.5, 0.6) is 0 Å². The van der Waals surface area contributed by atoms with E-state index in [9.17, 15) is 9.59 Å². The molecule has 1 aliphatic heterocycles. The number of nitrogens with zero attached hydrogens (tertiary/aromatic N) is 1. The summed E-state index contributed by atoms with van der Waals surface area (Å²) < 4.78 is 0. The lowest BCUT2D eigenvalue weighted by Gasteiger charge is -2.28. The summed E-state index contributed by atoms with van der Waals surface area (Å²) >= 11 is 6.91. The predicted molar refractivity (Wildman–Crippen MR) is 97.1 cm³/mol. The number of hydrogen-bond donors (Lipinski definition) is 3. The van der Waals surface area contributed by atoms with Crippen LogP contribution in [0.1, 0.15) is 12.8 Å². The number of nitrogens with one attached hydrogen (secondary N) is 1. The summed E-state index contributed by atoms with van der Waals surface area (Å²) in [5.74, 6) is 1.31. The van der Waals surface area contributed by atoms with E-state index in [0.717, 1.165) is 26.1 Å². The van der Waals surface area contributed by atoms with E-state index >= 15 is 0 Å². The average Bonchev–Trinajstić information content (AvgIpc) is 2.55. The first kappa shape index (κ1) is 18.1. The largest absolute Gasteiger partial charge is 0.368 e. The molecule has 2 aliphatic rings. The Morgan fingerprint density at radius 1 is 1.30 bits per heavy atom. The predicted octanol–water partition coefficient (Wildman–Crippen LogP) is -0.0620. The molecule has 0 aromatic rings. The molecule has 1 atom stereocenters. The normalized spacial score (nSPS) is 20.2. The minimum Gasteiger partial charge on any atom is -0.368 e. The third kappa shape index (κ3) is 5.42. The molecule has 1 unspecified atom stereocenters. The highest BCUT2D eigenvalue weighted by Crippen LogP contribution is 2.20. The maximum Gasteiger partial charge on any atom is 0.252 e. The molecule has 1 fully saturated rings. The van der Waals surface area contributed by atoms with E-state index in [0.29, 0.717) is 12.0 Å². The van der Waals surface area contributed by atoms with Gasteiger partial charge in [-0.2, -0.15) is 11.8 Å². The fourth-order valence-electron chi connectivity index (χ4n) is 2.45. The van der Waals surface area contributed by atoms with Crippen LogP contribution in [-0.4, -0.2) is 58.9 Å². The lowest BCUT2D eigenvalue weighted by atomic mass is 9.97. The molecular formula is C15H22N4O2S2. The van der Waals surface area contributed by atoms with Crippen molar-refractivity contribution in [2.75, 3.05) is 31.1 Å². The quantitative estimate of drug-likeness (QED) is 0.598. The van der Waals surface area contributed by atoms with Crippen LogP contribution >= 0.6 is 24.0 Å². The Bertz CT molecular complexity index is 554. The lowest BCUT2D eigenvalue weighted by molar-refractivity contribution is -0.117.